The van der Waals surface area contributed by atoms with Crippen LogP contribution >= 0.6 is 0 Å². The molecule has 0 spiro atoms. The molecule has 2 amide bonds. The SMILES string of the molecule is Cc1ccc(C(N)C(=O)N(C)CC(=O)Nc2cc(C)on2)cc1. The van der Waals surface area contributed by atoms with Gasteiger partial charge < -0.3 is 20.5 Å². The first-order valence-electron chi connectivity index (χ1n) is 7.17. The third kappa shape index (κ3) is 4.40. The van der Waals surface area contributed by atoms with Crippen LogP contribution in [0.15, 0.2) is 34.9 Å². The highest BCUT2D eigenvalue weighted by Gasteiger charge is 2.21. The lowest BCUT2D eigenvalue weighted by Crippen LogP contribution is -2.40. The van der Waals surface area contributed by atoms with Crippen LogP contribution in [-0.2, 0) is 9.59 Å². The molecule has 0 fully saturated rings. The lowest BCUT2D eigenvalue weighted by molar-refractivity contribution is -0.134. The van der Waals surface area contributed by atoms with Gasteiger partial charge in [-0.1, -0.05) is 35.0 Å². The van der Waals surface area contributed by atoms with Gasteiger partial charge in [-0.25, -0.2) is 0 Å². The van der Waals surface area contributed by atoms with Crippen LogP contribution in [0, 0.1) is 13.8 Å². The molecule has 1 heterocycles. The van der Waals surface area contributed by atoms with Gasteiger partial charge in [-0.15, -0.1) is 0 Å². The fraction of sp³-hybridized carbons (Fsp3) is 0.312. The maximum Gasteiger partial charge on any atom is 0.245 e. The molecule has 122 valence electrons. The standard InChI is InChI=1S/C16H20N4O3/c1-10-4-6-12(7-5-10)15(17)16(22)20(3)9-14(21)18-13-8-11(2)23-19-13/h4-8,15H,9,17H2,1-3H3,(H,18,19,21). The number of aromatic nitrogens is 1. The maximum absolute atomic E-state index is 12.3. The van der Waals surface area contributed by atoms with E-state index in [1.54, 1.807) is 13.0 Å². The van der Waals surface area contributed by atoms with Crippen molar-refractivity contribution in [1.82, 2.24) is 10.1 Å². The van der Waals surface area contributed by atoms with Gasteiger partial charge in [-0.3, -0.25) is 9.59 Å². The van der Waals surface area contributed by atoms with Crippen LogP contribution in [0.4, 0.5) is 5.82 Å². The second kappa shape index (κ2) is 7.06. The van der Waals surface area contributed by atoms with Crippen LogP contribution in [0.3, 0.4) is 0 Å². The smallest absolute Gasteiger partial charge is 0.245 e. The van der Waals surface area contributed by atoms with Crippen LogP contribution < -0.4 is 11.1 Å². The quantitative estimate of drug-likeness (QED) is 0.868. The molecule has 0 bridgehead atoms. The van der Waals surface area contributed by atoms with Crippen molar-refractivity contribution in [3.05, 3.63) is 47.2 Å². The van der Waals surface area contributed by atoms with Gasteiger partial charge in [0.05, 0.1) is 6.54 Å². The minimum atomic E-state index is -0.803. The van der Waals surface area contributed by atoms with Gasteiger partial charge in [0.2, 0.25) is 11.8 Å². The molecule has 0 aliphatic rings. The molecule has 0 saturated heterocycles. The minimum absolute atomic E-state index is 0.121. The highest BCUT2D eigenvalue weighted by Crippen LogP contribution is 2.14. The Kier molecular flexibility index (Phi) is 5.13. The second-order valence-electron chi connectivity index (χ2n) is 5.45. The summed E-state index contributed by atoms with van der Waals surface area (Å²) in [5, 5.41) is 6.22. The number of rotatable bonds is 5. The first-order valence-corrected chi connectivity index (χ1v) is 7.17. The van der Waals surface area contributed by atoms with Crippen LogP contribution in [0.1, 0.15) is 22.9 Å². The molecule has 7 nitrogen and oxygen atoms in total. The van der Waals surface area contributed by atoms with E-state index in [1.807, 2.05) is 31.2 Å². The number of carbonyl (C=O) groups excluding carboxylic acids is 2. The van der Waals surface area contributed by atoms with Gasteiger partial charge in [0.25, 0.3) is 0 Å². The van der Waals surface area contributed by atoms with Crippen molar-refractivity contribution in [2.75, 3.05) is 18.9 Å². The van der Waals surface area contributed by atoms with Crippen molar-refractivity contribution >= 4 is 17.6 Å². The summed E-state index contributed by atoms with van der Waals surface area (Å²) in [5.74, 6) is 0.202. The van der Waals surface area contributed by atoms with Crippen molar-refractivity contribution in [3.63, 3.8) is 0 Å². The molecule has 1 unspecified atom stereocenters. The molecule has 2 rings (SSSR count). The average molecular weight is 316 g/mol. The van der Waals surface area contributed by atoms with Gasteiger partial charge in [0.15, 0.2) is 5.82 Å². The van der Waals surface area contributed by atoms with Gasteiger partial charge in [-0.2, -0.15) is 0 Å². The monoisotopic (exact) mass is 316 g/mol. The highest BCUT2D eigenvalue weighted by molar-refractivity contribution is 5.94. The molecule has 0 radical (unpaired) electrons. The molecule has 2 aromatic rings. The predicted octanol–water partition coefficient (Wildman–Crippen LogP) is 1.39. The number of nitrogens with two attached hydrogens (primary N) is 1. The van der Waals surface area contributed by atoms with Gasteiger partial charge in [0.1, 0.15) is 11.8 Å². The molecule has 7 heteroatoms. The van der Waals surface area contributed by atoms with Crippen molar-refractivity contribution in [3.8, 4) is 0 Å². The van der Waals surface area contributed by atoms with Crippen molar-refractivity contribution in [2.45, 2.75) is 19.9 Å². The van der Waals surface area contributed by atoms with E-state index in [9.17, 15) is 9.59 Å². The average Bonchev–Trinajstić information content (AvgIpc) is 2.91. The zero-order valence-electron chi connectivity index (χ0n) is 13.4. The van der Waals surface area contributed by atoms with E-state index in [-0.39, 0.29) is 18.4 Å². The largest absolute Gasteiger partial charge is 0.360 e. The van der Waals surface area contributed by atoms with Crippen LogP contribution in [0.2, 0.25) is 0 Å². The lowest BCUT2D eigenvalue weighted by atomic mass is 10.0. The molecule has 1 atom stereocenters. The molecule has 1 aromatic carbocycles. The van der Waals surface area contributed by atoms with Crippen molar-refractivity contribution < 1.29 is 14.1 Å². The van der Waals surface area contributed by atoms with E-state index < -0.39 is 6.04 Å². The number of carbonyl (C=O) groups is 2. The number of nitrogens with one attached hydrogen (secondary N) is 1. The van der Waals surface area contributed by atoms with E-state index in [0.29, 0.717) is 17.1 Å². The van der Waals surface area contributed by atoms with E-state index >= 15 is 0 Å². The number of hydrogen-bond donors (Lipinski definition) is 2. The van der Waals surface area contributed by atoms with E-state index in [0.717, 1.165) is 5.56 Å². The van der Waals surface area contributed by atoms with E-state index in [2.05, 4.69) is 10.5 Å². The molecule has 0 saturated carbocycles. The Labute approximate surface area is 134 Å². The van der Waals surface area contributed by atoms with Gasteiger partial charge in [-0.05, 0) is 19.4 Å². The summed E-state index contributed by atoms with van der Waals surface area (Å²) in [6.07, 6.45) is 0. The number of nitrogens with zero attached hydrogens (tertiary/aromatic N) is 2. The number of aryl methyl sites for hydroxylation is 2. The highest BCUT2D eigenvalue weighted by atomic mass is 16.5. The number of benzene rings is 1. The summed E-state index contributed by atoms with van der Waals surface area (Å²) in [5.41, 5.74) is 7.77. The topological polar surface area (TPSA) is 101 Å². The number of hydrogen-bond acceptors (Lipinski definition) is 5. The summed E-state index contributed by atoms with van der Waals surface area (Å²) in [6, 6.07) is 8.19. The Morgan fingerprint density at radius 2 is 1.96 bits per heavy atom. The van der Waals surface area contributed by atoms with Crippen molar-refractivity contribution in [2.24, 2.45) is 5.73 Å². The number of amides is 2. The van der Waals surface area contributed by atoms with Crippen LogP contribution in [0.5, 0.6) is 0 Å². The predicted molar refractivity (Wildman–Crippen MR) is 85.6 cm³/mol. The first kappa shape index (κ1) is 16.7. The molecular weight excluding hydrogens is 296 g/mol. The Bertz CT molecular complexity index is 694. The fourth-order valence-corrected chi connectivity index (χ4v) is 2.05. The van der Waals surface area contributed by atoms with Gasteiger partial charge >= 0.3 is 0 Å². The molecule has 0 aliphatic carbocycles. The number of likely N-dealkylation sites (N-methyl/N-ethyl adjacent to an activating group) is 1. The molecule has 23 heavy (non-hydrogen) atoms. The molecule has 0 aliphatic heterocycles. The Hall–Kier alpha value is -2.67. The van der Waals surface area contributed by atoms with Crippen LogP contribution in [-0.4, -0.2) is 35.5 Å². The Balaban J connectivity index is 1.93. The van der Waals surface area contributed by atoms with E-state index in [4.69, 9.17) is 10.3 Å². The fourth-order valence-electron chi connectivity index (χ4n) is 2.05. The van der Waals surface area contributed by atoms with E-state index in [1.165, 1.54) is 11.9 Å². The molecule has 3 N–H and O–H groups in total. The minimum Gasteiger partial charge on any atom is -0.360 e. The molecule has 1 aromatic heterocycles. The third-order valence-electron chi connectivity index (χ3n) is 3.35. The van der Waals surface area contributed by atoms with Gasteiger partial charge in [0, 0.05) is 13.1 Å². The summed E-state index contributed by atoms with van der Waals surface area (Å²) in [4.78, 5) is 25.5. The maximum atomic E-state index is 12.3. The second-order valence-corrected chi connectivity index (χ2v) is 5.45. The zero-order chi connectivity index (χ0) is 17.0. The summed E-state index contributed by atoms with van der Waals surface area (Å²) in [7, 11) is 1.53. The van der Waals surface area contributed by atoms with Crippen LogP contribution in [0.25, 0.3) is 0 Å². The summed E-state index contributed by atoms with van der Waals surface area (Å²) < 4.78 is 4.86. The lowest BCUT2D eigenvalue weighted by Gasteiger charge is -2.21. The summed E-state index contributed by atoms with van der Waals surface area (Å²) >= 11 is 0. The zero-order valence-corrected chi connectivity index (χ0v) is 13.4. The normalized spacial score (nSPS) is 11.8. The Morgan fingerprint density at radius 3 is 2.52 bits per heavy atom. The third-order valence-corrected chi connectivity index (χ3v) is 3.35. The number of anilines is 1. The van der Waals surface area contributed by atoms with Crippen molar-refractivity contribution in [1.29, 1.82) is 0 Å². The molecular formula is C16H20N4O3. The summed E-state index contributed by atoms with van der Waals surface area (Å²) in [6.45, 7) is 3.56. The first-order chi connectivity index (χ1) is 10.9. The Morgan fingerprint density at radius 1 is 1.30 bits per heavy atom.